The Hall–Kier alpha value is -2.74. The molecule has 1 saturated carbocycles. The predicted molar refractivity (Wildman–Crippen MR) is 139 cm³/mol. The molecule has 0 saturated heterocycles. The standard InChI is InChI=1S/C25H28Cl2F6N4O4/c1-12-6-13(4-5-14(12)22(40)41)36-20(24(28,29)30)15(7-34)21(39)37(11-23(2,3)25(31,32)33)10-18(38)19-16(26)8-35-9-17(19)27/h7-9,12-15,34H,4-6,10-11H2,1-3H3,(H,40,41). The molecule has 4 unspecified atom stereocenters. The summed E-state index contributed by atoms with van der Waals surface area (Å²) in [5.74, 6) is -7.61. The summed E-state index contributed by atoms with van der Waals surface area (Å²) in [5.41, 5.74) is -4.81. The second-order valence-electron chi connectivity index (χ2n) is 10.5. The van der Waals surface area contributed by atoms with E-state index in [0.29, 0.717) is 13.8 Å². The van der Waals surface area contributed by atoms with Crippen molar-refractivity contribution in [1.82, 2.24) is 9.88 Å². The van der Waals surface area contributed by atoms with E-state index in [2.05, 4.69) is 9.98 Å². The molecule has 1 amide bonds. The van der Waals surface area contributed by atoms with Crippen LogP contribution in [0.25, 0.3) is 0 Å². The number of carboxylic acids is 1. The van der Waals surface area contributed by atoms with E-state index in [1.54, 1.807) is 0 Å². The Morgan fingerprint density at radius 3 is 2.15 bits per heavy atom. The van der Waals surface area contributed by atoms with Gasteiger partial charge in [-0.25, -0.2) is 0 Å². The van der Waals surface area contributed by atoms with E-state index in [9.17, 15) is 45.8 Å². The van der Waals surface area contributed by atoms with Crippen LogP contribution in [0.15, 0.2) is 17.4 Å². The van der Waals surface area contributed by atoms with Crippen LogP contribution in [0, 0.1) is 28.6 Å². The number of alkyl halides is 6. The minimum absolute atomic E-state index is 0.0207. The molecule has 1 aliphatic carbocycles. The molecule has 1 fully saturated rings. The third-order valence-electron chi connectivity index (χ3n) is 6.93. The van der Waals surface area contributed by atoms with Crippen LogP contribution in [0.3, 0.4) is 0 Å². The first kappa shape index (κ1) is 34.5. The lowest BCUT2D eigenvalue weighted by molar-refractivity contribution is -0.216. The molecule has 4 atom stereocenters. The van der Waals surface area contributed by atoms with Crippen LogP contribution >= 0.6 is 23.2 Å². The Bertz CT molecular complexity index is 1190. The molecule has 2 N–H and O–H groups in total. The van der Waals surface area contributed by atoms with Gasteiger partial charge in [0, 0.05) is 25.2 Å². The Labute approximate surface area is 241 Å². The van der Waals surface area contributed by atoms with Gasteiger partial charge in [0.1, 0.15) is 11.6 Å². The molecule has 16 heteroatoms. The molecule has 0 radical (unpaired) electrons. The maximum Gasteiger partial charge on any atom is 0.430 e. The summed E-state index contributed by atoms with van der Waals surface area (Å²) >= 11 is 11.9. The third kappa shape index (κ3) is 8.40. The van der Waals surface area contributed by atoms with Gasteiger partial charge in [-0.3, -0.25) is 24.4 Å². The van der Waals surface area contributed by atoms with E-state index < -0.39 is 83.6 Å². The fraction of sp³-hybridized carbons (Fsp3) is 0.600. The average Bonchev–Trinajstić information content (AvgIpc) is 2.81. The molecule has 1 aromatic rings. The number of nitrogens with zero attached hydrogens (tertiary/aromatic N) is 3. The van der Waals surface area contributed by atoms with Crippen molar-refractivity contribution in [2.24, 2.45) is 28.2 Å². The highest BCUT2D eigenvalue weighted by Gasteiger charge is 2.51. The Morgan fingerprint density at radius 2 is 1.71 bits per heavy atom. The van der Waals surface area contributed by atoms with E-state index >= 15 is 0 Å². The minimum Gasteiger partial charge on any atom is -0.481 e. The molecule has 41 heavy (non-hydrogen) atoms. The van der Waals surface area contributed by atoms with Crippen LogP contribution in [0.4, 0.5) is 26.3 Å². The van der Waals surface area contributed by atoms with Gasteiger partial charge in [0.25, 0.3) is 0 Å². The zero-order valence-corrected chi connectivity index (χ0v) is 23.6. The second-order valence-corrected chi connectivity index (χ2v) is 11.3. The first-order chi connectivity index (χ1) is 18.7. The van der Waals surface area contributed by atoms with Gasteiger partial charge in [-0.2, -0.15) is 26.3 Å². The number of rotatable bonds is 10. The van der Waals surface area contributed by atoms with Gasteiger partial charge in [-0.1, -0.05) is 30.1 Å². The van der Waals surface area contributed by atoms with E-state index in [-0.39, 0.29) is 40.4 Å². The number of amides is 1. The number of halogens is 8. The van der Waals surface area contributed by atoms with Gasteiger partial charge < -0.3 is 15.4 Å². The maximum atomic E-state index is 14.2. The van der Waals surface area contributed by atoms with Crippen molar-refractivity contribution in [3.8, 4) is 0 Å². The van der Waals surface area contributed by atoms with Crippen LogP contribution < -0.4 is 0 Å². The number of ketones is 1. The summed E-state index contributed by atoms with van der Waals surface area (Å²) in [4.78, 5) is 45.5. The van der Waals surface area contributed by atoms with Crippen LogP contribution in [-0.4, -0.2) is 76.1 Å². The highest BCUT2D eigenvalue weighted by Crippen LogP contribution is 2.39. The number of carbonyl (C=O) groups is 3. The third-order valence-corrected chi connectivity index (χ3v) is 7.50. The van der Waals surface area contributed by atoms with Crippen molar-refractivity contribution >= 4 is 52.8 Å². The van der Waals surface area contributed by atoms with E-state index in [1.807, 2.05) is 0 Å². The number of nitrogens with one attached hydrogen (secondary N) is 1. The highest BCUT2D eigenvalue weighted by molar-refractivity contribution is 6.39. The van der Waals surface area contributed by atoms with Crippen molar-refractivity contribution in [2.45, 2.75) is 58.4 Å². The lowest BCUT2D eigenvalue weighted by Crippen LogP contribution is -2.52. The second kappa shape index (κ2) is 13.1. The molecule has 0 bridgehead atoms. The van der Waals surface area contributed by atoms with Gasteiger partial charge >= 0.3 is 18.3 Å². The molecule has 228 valence electrons. The molecule has 0 aromatic carbocycles. The van der Waals surface area contributed by atoms with E-state index in [0.717, 1.165) is 12.4 Å². The molecule has 8 nitrogen and oxygen atoms in total. The minimum atomic E-state index is -5.28. The molecule has 2 rings (SSSR count). The summed E-state index contributed by atoms with van der Waals surface area (Å²) < 4.78 is 83.9. The van der Waals surface area contributed by atoms with E-state index in [4.69, 9.17) is 28.6 Å². The van der Waals surface area contributed by atoms with E-state index in [1.165, 1.54) is 6.92 Å². The topological polar surface area (TPSA) is 124 Å². The van der Waals surface area contributed by atoms with Crippen LogP contribution in [0.2, 0.25) is 10.0 Å². The fourth-order valence-electron chi connectivity index (χ4n) is 4.55. The molecule has 0 aliphatic heterocycles. The molecule has 1 heterocycles. The van der Waals surface area contributed by atoms with Gasteiger partial charge in [0.05, 0.1) is 39.5 Å². The monoisotopic (exact) mass is 632 g/mol. The van der Waals surface area contributed by atoms with Crippen molar-refractivity contribution in [3.05, 3.63) is 28.0 Å². The largest absolute Gasteiger partial charge is 0.481 e. The van der Waals surface area contributed by atoms with Crippen molar-refractivity contribution in [2.75, 3.05) is 13.1 Å². The summed E-state index contributed by atoms with van der Waals surface area (Å²) in [6.07, 6.45) is -8.17. The number of Topliss-reactive ketones (excluding diaryl/α,β-unsaturated/α-hetero) is 1. The van der Waals surface area contributed by atoms with Gasteiger partial charge in [0.2, 0.25) is 5.91 Å². The highest BCUT2D eigenvalue weighted by atomic mass is 35.5. The Morgan fingerprint density at radius 1 is 1.15 bits per heavy atom. The fourth-order valence-corrected chi connectivity index (χ4v) is 5.13. The number of hydrogen-bond acceptors (Lipinski definition) is 6. The summed E-state index contributed by atoms with van der Waals surface area (Å²) in [6, 6.07) is -1.05. The quantitative estimate of drug-likeness (QED) is 0.182. The van der Waals surface area contributed by atoms with Crippen molar-refractivity contribution in [1.29, 1.82) is 5.41 Å². The SMILES string of the molecule is CC1CC(N=C(C(C=N)C(=O)N(CC(=O)c2c(Cl)cncc2Cl)CC(C)(C)C(F)(F)F)C(F)(F)F)CCC1C(=O)O. The number of aliphatic imine (C=N–C) groups is 1. The number of pyridine rings is 1. The zero-order valence-electron chi connectivity index (χ0n) is 22.1. The van der Waals surface area contributed by atoms with Gasteiger partial charge in [-0.15, -0.1) is 0 Å². The summed E-state index contributed by atoms with van der Waals surface area (Å²) in [7, 11) is 0. The number of carbonyl (C=O) groups excluding carboxylic acids is 2. The number of carboxylic acid groups (broad SMARTS) is 1. The van der Waals surface area contributed by atoms with Crippen molar-refractivity contribution in [3.63, 3.8) is 0 Å². The molecular formula is C25H28Cl2F6N4O4. The maximum absolute atomic E-state index is 14.2. The number of hydrogen-bond donors (Lipinski definition) is 2. The summed E-state index contributed by atoms with van der Waals surface area (Å²) in [5, 5.41) is 16.3. The smallest absolute Gasteiger partial charge is 0.430 e. The van der Waals surface area contributed by atoms with Crippen molar-refractivity contribution < 1.29 is 45.8 Å². The first-order valence-electron chi connectivity index (χ1n) is 12.3. The van der Waals surface area contributed by atoms with Crippen LogP contribution in [0.5, 0.6) is 0 Å². The Balaban J connectivity index is 2.53. The van der Waals surface area contributed by atoms with Crippen LogP contribution in [-0.2, 0) is 9.59 Å². The lowest BCUT2D eigenvalue weighted by atomic mass is 9.78. The van der Waals surface area contributed by atoms with Gasteiger partial charge in [0.15, 0.2) is 5.78 Å². The zero-order chi connectivity index (χ0) is 31.5. The molecular weight excluding hydrogens is 605 g/mol. The molecule has 0 spiro atoms. The average molecular weight is 633 g/mol. The number of aliphatic carboxylic acids is 1. The van der Waals surface area contributed by atoms with Crippen LogP contribution in [0.1, 0.15) is 50.4 Å². The summed E-state index contributed by atoms with van der Waals surface area (Å²) in [6.45, 7) is 0.555. The molecule has 1 aliphatic rings. The lowest BCUT2D eigenvalue weighted by Gasteiger charge is -2.36. The predicted octanol–water partition coefficient (Wildman–Crippen LogP) is 6.15. The van der Waals surface area contributed by atoms with Gasteiger partial charge in [-0.05, 0) is 39.0 Å². The molecule has 1 aromatic heterocycles. The number of aromatic nitrogens is 1. The Kier molecular flexibility index (Phi) is 11.0. The first-order valence-corrected chi connectivity index (χ1v) is 13.0. The normalized spacial score (nSPS) is 21.2.